The van der Waals surface area contributed by atoms with E-state index in [4.69, 9.17) is 31.8 Å². The van der Waals surface area contributed by atoms with E-state index in [-0.39, 0.29) is 30.9 Å². The molecule has 1 aliphatic heterocycles. The Balaban J connectivity index is 0.00000180. The quantitative estimate of drug-likeness (QED) is 0.351. The second kappa shape index (κ2) is 11.3. The van der Waals surface area contributed by atoms with Crippen LogP contribution in [0.3, 0.4) is 0 Å². The molecule has 2 N–H and O–H groups in total. The predicted octanol–water partition coefficient (Wildman–Crippen LogP) is 5.59. The number of benzene rings is 2. The molecule has 0 saturated carbocycles. The summed E-state index contributed by atoms with van der Waals surface area (Å²) in [6.45, 7) is 1.67. The van der Waals surface area contributed by atoms with Crippen LogP contribution in [0.5, 0.6) is 11.5 Å². The first kappa shape index (κ1) is 27.4. The molecule has 0 bridgehead atoms. The van der Waals surface area contributed by atoms with Gasteiger partial charge < -0.3 is 24.5 Å². The molecular weight excluding hydrogens is 521 g/mol. The molecular formula is C26H26Cl3N5O2. The molecule has 2 aromatic carbocycles. The van der Waals surface area contributed by atoms with Gasteiger partial charge in [-0.15, -0.1) is 24.8 Å². The number of nitrogens with two attached hydrogens (primary N) is 1. The van der Waals surface area contributed by atoms with Crippen LogP contribution >= 0.6 is 36.4 Å². The minimum absolute atomic E-state index is 0. The fourth-order valence-corrected chi connectivity index (χ4v) is 4.67. The maximum atomic E-state index is 9.19. The zero-order chi connectivity index (χ0) is 23.8. The molecule has 1 atom stereocenters. The molecule has 188 valence electrons. The highest BCUT2D eigenvalue weighted by Crippen LogP contribution is 2.39. The molecule has 4 aromatic rings. The second-order valence-corrected chi connectivity index (χ2v) is 8.74. The van der Waals surface area contributed by atoms with Crippen LogP contribution in [-0.2, 0) is 0 Å². The molecule has 1 fully saturated rings. The summed E-state index contributed by atoms with van der Waals surface area (Å²) in [7, 11) is 3.18. The van der Waals surface area contributed by atoms with Gasteiger partial charge in [0.05, 0.1) is 36.6 Å². The number of imidazole rings is 1. The highest BCUT2D eigenvalue weighted by atomic mass is 35.5. The first-order valence-corrected chi connectivity index (χ1v) is 11.3. The van der Waals surface area contributed by atoms with E-state index in [0.717, 1.165) is 53.2 Å². The van der Waals surface area contributed by atoms with E-state index in [1.165, 1.54) is 0 Å². The fraction of sp³-hybridized carbons (Fsp3) is 0.231. The van der Waals surface area contributed by atoms with Crippen LogP contribution < -0.4 is 20.1 Å². The van der Waals surface area contributed by atoms with Crippen molar-refractivity contribution in [1.82, 2.24) is 9.38 Å². The van der Waals surface area contributed by atoms with Gasteiger partial charge in [-0.1, -0.05) is 23.7 Å². The van der Waals surface area contributed by atoms with Crippen LogP contribution in [0.4, 0.5) is 5.69 Å². The molecule has 2 aromatic heterocycles. The van der Waals surface area contributed by atoms with Crippen molar-refractivity contribution in [1.29, 1.82) is 5.26 Å². The molecule has 0 radical (unpaired) electrons. The minimum atomic E-state index is 0. The number of aromatic nitrogens is 2. The van der Waals surface area contributed by atoms with Crippen molar-refractivity contribution in [2.24, 2.45) is 5.73 Å². The van der Waals surface area contributed by atoms with Crippen molar-refractivity contribution in [3.05, 3.63) is 65.4 Å². The standard InChI is InChI=1S/C26H24ClN5O2.2ClH/c1-33-24-11-25(34-2)21(27)9-19(24)22-15-32-14-20(17-5-3-16(12-28)4-6-17)23(10-26(32)30-22)31-8-7-18(29)13-31;;/h3-6,9-11,14-15,18H,7-8,13,29H2,1-2H3;2*1H/t18-;;/m0../s1. The van der Waals surface area contributed by atoms with Crippen LogP contribution in [0.1, 0.15) is 12.0 Å². The van der Waals surface area contributed by atoms with E-state index in [9.17, 15) is 5.26 Å². The van der Waals surface area contributed by atoms with Crippen LogP contribution in [0, 0.1) is 11.3 Å². The molecule has 1 saturated heterocycles. The molecule has 5 rings (SSSR count). The predicted molar refractivity (Wildman–Crippen MR) is 148 cm³/mol. The van der Waals surface area contributed by atoms with Crippen LogP contribution in [-0.4, -0.2) is 42.7 Å². The Labute approximate surface area is 227 Å². The number of pyridine rings is 1. The van der Waals surface area contributed by atoms with Crippen molar-refractivity contribution in [2.45, 2.75) is 12.5 Å². The van der Waals surface area contributed by atoms with Gasteiger partial charge in [0, 0.05) is 60.5 Å². The molecule has 3 heterocycles. The topological polar surface area (TPSA) is 88.8 Å². The van der Waals surface area contributed by atoms with Gasteiger partial charge in [-0.05, 0) is 30.2 Å². The molecule has 1 aliphatic rings. The average molecular weight is 547 g/mol. The van der Waals surface area contributed by atoms with Gasteiger partial charge in [-0.3, -0.25) is 0 Å². The highest BCUT2D eigenvalue weighted by molar-refractivity contribution is 6.32. The van der Waals surface area contributed by atoms with Crippen molar-refractivity contribution < 1.29 is 9.47 Å². The molecule has 0 aliphatic carbocycles. The molecule has 0 unspecified atom stereocenters. The summed E-state index contributed by atoms with van der Waals surface area (Å²) in [6, 6.07) is 15.6. The van der Waals surface area contributed by atoms with Gasteiger partial charge in [0.1, 0.15) is 17.1 Å². The van der Waals surface area contributed by atoms with E-state index in [0.29, 0.717) is 22.1 Å². The summed E-state index contributed by atoms with van der Waals surface area (Å²) >= 11 is 6.41. The van der Waals surface area contributed by atoms with Gasteiger partial charge in [0.25, 0.3) is 0 Å². The number of methoxy groups -OCH3 is 2. The largest absolute Gasteiger partial charge is 0.496 e. The summed E-state index contributed by atoms with van der Waals surface area (Å²) in [6.07, 6.45) is 4.98. The molecule has 0 amide bonds. The van der Waals surface area contributed by atoms with Crippen LogP contribution in [0.2, 0.25) is 5.02 Å². The average Bonchev–Trinajstić information content (AvgIpc) is 3.48. The number of fused-ring (bicyclic) bond motifs is 1. The number of ether oxygens (including phenoxy) is 2. The van der Waals surface area contributed by atoms with Crippen molar-refractivity contribution >= 4 is 47.7 Å². The first-order valence-electron chi connectivity index (χ1n) is 11.0. The van der Waals surface area contributed by atoms with Gasteiger partial charge in [-0.25, -0.2) is 4.98 Å². The number of halogens is 3. The van der Waals surface area contributed by atoms with E-state index in [2.05, 4.69) is 23.2 Å². The van der Waals surface area contributed by atoms with Crippen molar-refractivity contribution in [2.75, 3.05) is 32.2 Å². The number of anilines is 1. The number of rotatable bonds is 5. The SMILES string of the molecule is COc1cc(OC)c(-c2cn3cc(-c4ccc(C#N)cc4)c(N4CC[C@H](N)C4)cc3n2)cc1Cl.Cl.Cl. The van der Waals surface area contributed by atoms with Gasteiger partial charge >= 0.3 is 0 Å². The summed E-state index contributed by atoms with van der Waals surface area (Å²) in [5.41, 5.74) is 12.3. The number of hydrogen-bond donors (Lipinski definition) is 1. The molecule has 0 spiro atoms. The molecule has 7 nitrogen and oxygen atoms in total. The zero-order valence-corrected chi connectivity index (χ0v) is 22.2. The Bertz CT molecular complexity index is 1420. The van der Waals surface area contributed by atoms with E-state index in [1.54, 1.807) is 20.3 Å². The van der Waals surface area contributed by atoms with Gasteiger partial charge in [0.2, 0.25) is 0 Å². The minimum Gasteiger partial charge on any atom is -0.496 e. The summed E-state index contributed by atoms with van der Waals surface area (Å²) < 4.78 is 12.9. The lowest BCUT2D eigenvalue weighted by Gasteiger charge is -2.22. The van der Waals surface area contributed by atoms with Gasteiger partial charge in [-0.2, -0.15) is 5.26 Å². The lowest BCUT2D eigenvalue weighted by atomic mass is 10.0. The first-order chi connectivity index (χ1) is 16.5. The highest BCUT2D eigenvalue weighted by Gasteiger charge is 2.23. The third-order valence-corrected chi connectivity index (χ3v) is 6.51. The van der Waals surface area contributed by atoms with Gasteiger partial charge in [0.15, 0.2) is 0 Å². The Morgan fingerprint density at radius 2 is 1.75 bits per heavy atom. The zero-order valence-electron chi connectivity index (χ0n) is 19.8. The maximum absolute atomic E-state index is 9.19. The summed E-state index contributed by atoms with van der Waals surface area (Å²) in [5.74, 6) is 1.17. The Hall–Kier alpha value is -3.15. The lowest BCUT2D eigenvalue weighted by molar-refractivity contribution is 0.395. The lowest BCUT2D eigenvalue weighted by Crippen LogP contribution is -2.26. The van der Waals surface area contributed by atoms with Crippen molar-refractivity contribution in [3.8, 4) is 40.0 Å². The summed E-state index contributed by atoms with van der Waals surface area (Å²) in [5, 5.41) is 9.68. The second-order valence-electron chi connectivity index (χ2n) is 8.33. The maximum Gasteiger partial charge on any atom is 0.141 e. The normalized spacial score (nSPS) is 14.6. The Kier molecular flexibility index (Phi) is 8.59. The smallest absolute Gasteiger partial charge is 0.141 e. The fourth-order valence-electron chi connectivity index (χ4n) is 4.43. The van der Waals surface area contributed by atoms with E-state index < -0.39 is 0 Å². The van der Waals surface area contributed by atoms with E-state index >= 15 is 0 Å². The number of hydrogen-bond acceptors (Lipinski definition) is 6. The van der Waals surface area contributed by atoms with Crippen molar-refractivity contribution in [3.63, 3.8) is 0 Å². The third-order valence-electron chi connectivity index (χ3n) is 6.21. The number of nitriles is 1. The Morgan fingerprint density at radius 3 is 2.36 bits per heavy atom. The third kappa shape index (κ3) is 5.04. The Morgan fingerprint density at radius 1 is 1.03 bits per heavy atom. The van der Waals surface area contributed by atoms with Crippen LogP contribution in [0.25, 0.3) is 28.0 Å². The van der Waals surface area contributed by atoms with Crippen LogP contribution in [0.15, 0.2) is 54.9 Å². The molecule has 36 heavy (non-hydrogen) atoms. The monoisotopic (exact) mass is 545 g/mol. The van der Waals surface area contributed by atoms with E-state index in [1.807, 2.05) is 40.9 Å². The molecule has 10 heteroatoms. The number of nitrogens with zero attached hydrogens (tertiary/aromatic N) is 4. The summed E-state index contributed by atoms with van der Waals surface area (Å²) in [4.78, 5) is 7.19.